The van der Waals surface area contributed by atoms with Gasteiger partial charge in [0.05, 0.1) is 44.5 Å². The first-order valence-electron chi connectivity index (χ1n) is 14.5. The molecule has 4 aliphatic rings. The van der Waals surface area contributed by atoms with Gasteiger partial charge in [-0.3, -0.25) is 29.3 Å². The Morgan fingerprint density at radius 1 is 0.913 bits per heavy atom. The van der Waals surface area contributed by atoms with E-state index in [4.69, 9.17) is 23.2 Å². The number of benzene rings is 3. The molecule has 2 saturated heterocycles. The number of halogens is 3. The highest BCUT2D eigenvalue weighted by Gasteiger charge is 2.68. The number of nitro groups is 1. The van der Waals surface area contributed by atoms with Crippen LogP contribution in [-0.2, 0) is 19.2 Å². The highest BCUT2D eigenvalue weighted by molar-refractivity contribution is 6.32. The molecule has 0 bridgehead atoms. The Bertz CT molecular complexity index is 1950. The minimum atomic E-state index is -1.42. The molecule has 0 aromatic heterocycles. The zero-order valence-electron chi connectivity index (χ0n) is 24.0. The van der Waals surface area contributed by atoms with E-state index in [9.17, 15) is 38.8 Å². The summed E-state index contributed by atoms with van der Waals surface area (Å²) in [5, 5.41) is 21.4. The summed E-state index contributed by atoms with van der Waals surface area (Å²) in [6, 6.07) is 13.2. The predicted octanol–water partition coefficient (Wildman–Crippen LogP) is 6.18. The minimum Gasteiger partial charge on any atom is -0.508 e. The smallest absolute Gasteiger partial charge is 0.271 e. The molecule has 6 atom stereocenters. The van der Waals surface area contributed by atoms with Gasteiger partial charge in [0, 0.05) is 23.1 Å². The van der Waals surface area contributed by atoms with E-state index in [0.29, 0.717) is 11.1 Å². The molecular formula is C33H24Cl2FN3O7. The Kier molecular flexibility index (Phi) is 6.84. The van der Waals surface area contributed by atoms with Gasteiger partial charge >= 0.3 is 0 Å². The molecule has 0 unspecified atom stereocenters. The standard InChI is InChI=1S/C33H24Cl2FN3O7/c1-33-23(30(42)38(32(33)44)16-5-10-26(36)25(35)12-16)14-22-19(28(33)20-7-6-18(40)13-24(20)34)8-9-21-27(22)31(43)37(29(21)41)15-3-2-4-17(11-15)39(45)46/h2-8,10-13,21-23,27-28,40H,9,14H2,1H3/t21-,22+,23-,27-,28+,33+/m0/s1. The van der Waals surface area contributed by atoms with Gasteiger partial charge in [-0.15, -0.1) is 0 Å². The van der Waals surface area contributed by atoms with Crippen molar-refractivity contribution in [2.45, 2.75) is 25.7 Å². The average molecular weight is 664 g/mol. The Balaban J connectivity index is 1.36. The van der Waals surface area contributed by atoms with E-state index >= 15 is 0 Å². The number of nitrogens with zero attached hydrogens (tertiary/aromatic N) is 3. The van der Waals surface area contributed by atoms with Crippen LogP contribution in [0.3, 0.4) is 0 Å². The molecule has 7 rings (SSSR count). The maximum Gasteiger partial charge on any atom is 0.271 e. The third-order valence-corrected chi connectivity index (χ3v) is 10.6. The third-order valence-electron chi connectivity index (χ3n) is 10.0. The number of aromatic hydroxyl groups is 1. The number of allylic oxidation sites excluding steroid dienone is 2. The second kappa shape index (κ2) is 10.5. The molecule has 46 heavy (non-hydrogen) atoms. The number of carbonyl (C=O) groups is 4. The number of rotatable bonds is 4. The van der Waals surface area contributed by atoms with Crippen LogP contribution in [0.25, 0.3) is 0 Å². The molecule has 2 aliphatic heterocycles. The van der Waals surface area contributed by atoms with E-state index in [0.717, 1.165) is 15.9 Å². The number of non-ortho nitro benzene ring substituents is 1. The highest BCUT2D eigenvalue weighted by atomic mass is 35.5. The Morgan fingerprint density at radius 3 is 2.35 bits per heavy atom. The normalized spacial score (nSPS) is 28.6. The van der Waals surface area contributed by atoms with Crippen molar-refractivity contribution in [2.24, 2.45) is 29.1 Å². The lowest BCUT2D eigenvalue weighted by Gasteiger charge is -2.49. The molecular weight excluding hydrogens is 640 g/mol. The lowest BCUT2D eigenvalue weighted by molar-refractivity contribution is -0.384. The van der Waals surface area contributed by atoms with Gasteiger partial charge in [0.2, 0.25) is 23.6 Å². The van der Waals surface area contributed by atoms with Crippen molar-refractivity contribution in [1.29, 1.82) is 0 Å². The van der Waals surface area contributed by atoms with Gasteiger partial charge in [-0.05, 0) is 67.6 Å². The van der Waals surface area contributed by atoms with Crippen molar-refractivity contribution in [3.05, 3.63) is 104 Å². The van der Waals surface area contributed by atoms with Gasteiger partial charge in [0.25, 0.3) is 5.69 Å². The van der Waals surface area contributed by atoms with Crippen molar-refractivity contribution in [3.63, 3.8) is 0 Å². The maximum absolute atomic E-state index is 14.4. The number of hydrogen-bond acceptors (Lipinski definition) is 7. The Labute approximate surface area is 271 Å². The molecule has 4 amide bonds. The fourth-order valence-corrected chi connectivity index (χ4v) is 8.44. The van der Waals surface area contributed by atoms with Crippen molar-refractivity contribution in [1.82, 2.24) is 0 Å². The van der Waals surface area contributed by atoms with Crippen LogP contribution in [0.5, 0.6) is 5.75 Å². The van der Waals surface area contributed by atoms with Crippen molar-refractivity contribution < 1.29 is 33.6 Å². The largest absolute Gasteiger partial charge is 0.508 e. The van der Waals surface area contributed by atoms with Crippen molar-refractivity contribution >= 4 is 63.9 Å². The van der Waals surface area contributed by atoms with Crippen molar-refractivity contribution in [2.75, 3.05) is 9.80 Å². The second-order valence-electron chi connectivity index (χ2n) is 12.3. The summed E-state index contributed by atoms with van der Waals surface area (Å²) in [5.74, 6) is -7.20. The fourth-order valence-electron chi connectivity index (χ4n) is 7.98. The number of phenolic OH excluding ortho intramolecular Hbond substituents is 1. The van der Waals surface area contributed by atoms with E-state index in [1.54, 1.807) is 13.0 Å². The van der Waals surface area contributed by atoms with E-state index in [-0.39, 0.29) is 45.7 Å². The van der Waals surface area contributed by atoms with Gasteiger partial charge in [0.15, 0.2) is 0 Å². The van der Waals surface area contributed by atoms with Crippen LogP contribution < -0.4 is 9.80 Å². The summed E-state index contributed by atoms with van der Waals surface area (Å²) in [7, 11) is 0. The molecule has 2 heterocycles. The van der Waals surface area contributed by atoms with E-state index in [1.165, 1.54) is 48.5 Å². The van der Waals surface area contributed by atoms with Crippen LogP contribution in [0.2, 0.25) is 10.0 Å². The maximum atomic E-state index is 14.4. The summed E-state index contributed by atoms with van der Waals surface area (Å²) in [6.07, 6.45) is 2.03. The SMILES string of the molecule is C[C@@]12C(=O)N(c3ccc(F)c(Cl)c3)C(=O)[C@@H]1C[C@@H]1C(=CC[C@@H]3C(=O)N(c4cccc([N+](=O)[O-])c4)C(=O)[C@@H]31)[C@@H]2c1ccc(O)cc1Cl. The average Bonchev–Trinajstić information content (AvgIpc) is 3.38. The first kappa shape index (κ1) is 30.1. The van der Waals surface area contributed by atoms with Crippen LogP contribution in [0, 0.1) is 45.0 Å². The number of fused-ring (bicyclic) bond motifs is 4. The molecule has 3 aromatic carbocycles. The van der Waals surface area contributed by atoms with Crippen LogP contribution in [0.1, 0.15) is 31.2 Å². The first-order chi connectivity index (χ1) is 21.8. The van der Waals surface area contributed by atoms with E-state index in [1.807, 2.05) is 6.08 Å². The number of amides is 4. The molecule has 1 saturated carbocycles. The lowest BCUT2D eigenvalue weighted by Crippen LogP contribution is -2.49. The second-order valence-corrected chi connectivity index (χ2v) is 13.1. The Morgan fingerprint density at radius 2 is 1.65 bits per heavy atom. The van der Waals surface area contributed by atoms with Gasteiger partial charge in [-0.2, -0.15) is 0 Å². The summed E-state index contributed by atoms with van der Waals surface area (Å²) >= 11 is 12.7. The molecule has 0 radical (unpaired) electrons. The van der Waals surface area contributed by atoms with Crippen LogP contribution in [0.4, 0.5) is 21.5 Å². The summed E-state index contributed by atoms with van der Waals surface area (Å²) < 4.78 is 14.1. The topological polar surface area (TPSA) is 138 Å². The molecule has 2 aliphatic carbocycles. The Hall–Kier alpha value is -4.61. The number of carbonyl (C=O) groups excluding carboxylic acids is 4. The van der Waals surface area contributed by atoms with E-state index < -0.39 is 69.4 Å². The van der Waals surface area contributed by atoms with Crippen LogP contribution >= 0.6 is 23.2 Å². The molecule has 234 valence electrons. The summed E-state index contributed by atoms with van der Waals surface area (Å²) in [6.45, 7) is 1.66. The third kappa shape index (κ3) is 4.14. The first-order valence-corrected chi connectivity index (χ1v) is 15.2. The summed E-state index contributed by atoms with van der Waals surface area (Å²) in [5.41, 5.74) is -0.419. The van der Waals surface area contributed by atoms with Gasteiger partial charge < -0.3 is 5.11 Å². The number of imide groups is 2. The van der Waals surface area contributed by atoms with Gasteiger partial charge in [-0.1, -0.05) is 47.0 Å². The lowest BCUT2D eigenvalue weighted by atomic mass is 9.51. The predicted molar refractivity (Wildman–Crippen MR) is 165 cm³/mol. The fraction of sp³-hybridized carbons (Fsp3) is 0.273. The minimum absolute atomic E-state index is 0.0491. The summed E-state index contributed by atoms with van der Waals surface area (Å²) in [4.78, 5) is 69.3. The quantitative estimate of drug-likeness (QED) is 0.152. The number of nitro benzene ring substituents is 1. The van der Waals surface area contributed by atoms with Gasteiger partial charge in [-0.25, -0.2) is 14.2 Å². The zero-order valence-corrected chi connectivity index (χ0v) is 25.5. The molecule has 1 N–H and O–H groups in total. The molecule has 10 nitrogen and oxygen atoms in total. The number of anilines is 2. The van der Waals surface area contributed by atoms with E-state index in [2.05, 4.69) is 0 Å². The molecule has 13 heteroatoms. The van der Waals surface area contributed by atoms with Crippen LogP contribution in [-0.4, -0.2) is 33.7 Å². The van der Waals surface area contributed by atoms with Crippen LogP contribution in [0.15, 0.2) is 72.3 Å². The highest BCUT2D eigenvalue weighted by Crippen LogP contribution is 2.64. The molecule has 3 fully saturated rings. The molecule has 0 spiro atoms. The van der Waals surface area contributed by atoms with Gasteiger partial charge in [0.1, 0.15) is 11.6 Å². The van der Waals surface area contributed by atoms with Crippen molar-refractivity contribution in [3.8, 4) is 5.75 Å². The monoisotopic (exact) mass is 663 g/mol. The molecule has 3 aromatic rings. The number of hydrogen-bond donors (Lipinski definition) is 1. The number of phenols is 1. The zero-order chi connectivity index (χ0) is 32.8.